The van der Waals surface area contributed by atoms with Crippen LogP contribution in [0.1, 0.15) is 39.9 Å². The summed E-state index contributed by atoms with van der Waals surface area (Å²) in [6, 6.07) is 12.8. The maximum atomic E-state index is 12.7. The van der Waals surface area contributed by atoms with Crippen molar-refractivity contribution in [3.63, 3.8) is 0 Å². The predicted octanol–water partition coefficient (Wildman–Crippen LogP) is 2.72. The van der Waals surface area contributed by atoms with E-state index in [1.54, 1.807) is 19.2 Å². The van der Waals surface area contributed by atoms with Gasteiger partial charge in [0.2, 0.25) is 5.91 Å². The van der Waals surface area contributed by atoms with Crippen LogP contribution >= 0.6 is 0 Å². The summed E-state index contributed by atoms with van der Waals surface area (Å²) in [5.41, 5.74) is 3.10. The molecule has 1 saturated heterocycles. The molecule has 1 fully saturated rings. The van der Waals surface area contributed by atoms with Gasteiger partial charge in [-0.15, -0.1) is 0 Å². The maximum Gasteiger partial charge on any atom is 0.277 e. The van der Waals surface area contributed by atoms with Crippen molar-refractivity contribution in [1.29, 1.82) is 0 Å². The van der Waals surface area contributed by atoms with E-state index >= 15 is 0 Å². The van der Waals surface area contributed by atoms with Gasteiger partial charge in [0.15, 0.2) is 0 Å². The third kappa shape index (κ3) is 3.24. The van der Waals surface area contributed by atoms with Gasteiger partial charge >= 0.3 is 0 Å². The summed E-state index contributed by atoms with van der Waals surface area (Å²) in [5, 5.41) is 14.0. The van der Waals surface area contributed by atoms with E-state index in [-0.39, 0.29) is 17.9 Å². The van der Waals surface area contributed by atoms with Crippen molar-refractivity contribution in [2.45, 2.75) is 32.2 Å². The fourth-order valence-corrected chi connectivity index (χ4v) is 4.33. The Morgan fingerprint density at radius 3 is 2.79 bits per heavy atom. The van der Waals surface area contributed by atoms with Crippen molar-refractivity contribution < 1.29 is 19.5 Å². The van der Waals surface area contributed by atoms with Crippen molar-refractivity contribution >= 4 is 11.8 Å². The second-order valence-corrected chi connectivity index (χ2v) is 7.62. The topological polar surface area (TPSA) is 78.9 Å². The number of benzene rings is 2. The summed E-state index contributed by atoms with van der Waals surface area (Å²) in [4.78, 5) is 24.9. The number of carbonyl (C=O) groups is 2. The molecule has 2 aromatic rings. The summed E-state index contributed by atoms with van der Waals surface area (Å²) >= 11 is 0. The lowest BCUT2D eigenvalue weighted by molar-refractivity contribution is -0.128. The number of hydrogen-bond acceptors (Lipinski definition) is 4. The van der Waals surface area contributed by atoms with Gasteiger partial charge in [-0.3, -0.25) is 14.8 Å². The lowest BCUT2D eigenvalue weighted by atomic mass is 9.70. The SMILES string of the molecule is COc1ccccc1CN(O)C(=O)c1ccc2c(c1)CC[C@@]1(CCNC1=O)C2. The average molecular weight is 380 g/mol. The second-order valence-electron chi connectivity index (χ2n) is 7.62. The third-order valence-corrected chi connectivity index (χ3v) is 5.97. The first-order chi connectivity index (χ1) is 13.5. The van der Waals surface area contributed by atoms with Gasteiger partial charge in [0.05, 0.1) is 19.1 Å². The first kappa shape index (κ1) is 18.5. The summed E-state index contributed by atoms with van der Waals surface area (Å²) in [6.45, 7) is 0.788. The number of methoxy groups -OCH3 is 1. The van der Waals surface area contributed by atoms with Gasteiger partial charge < -0.3 is 10.1 Å². The summed E-state index contributed by atoms with van der Waals surface area (Å²) < 4.78 is 5.28. The quantitative estimate of drug-likeness (QED) is 0.631. The van der Waals surface area contributed by atoms with Crippen LogP contribution in [0.5, 0.6) is 5.75 Å². The Labute approximate surface area is 164 Å². The number of hydroxylamine groups is 2. The van der Waals surface area contributed by atoms with Gasteiger partial charge in [0, 0.05) is 17.7 Å². The molecule has 2 aliphatic rings. The van der Waals surface area contributed by atoms with Crippen LogP contribution in [0.4, 0.5) is 0 Å². The molecule has 2 N–H and O–H groups in total. The van der Waals surface area contributed by atoms with Gasteiger partial charge in [-0.1, -0.05) is 24.3 Å². The standard InChI is InChI=1S/C22H24N2O4/c1-28-19-5-3-2-4-18(19)14-24(27)20(25)16-6-7-17-13-22(9-8-15(17)12-16)10-11-23-21(22)26/h2-7,12,27H,8-11,13-14H2,1H3,(H,23,26)/t22-/m1/s1. The fourth-order valence-electron chi connectivity index (χ4n) is 4.33. The van der Waals surface area contributed by atoms with Crippen molar-refractivity contribution in [1.82, 2.24) is 10.4 Å². The zero-order valence-corrected chi connectivity index (χ0v) is 15.9. The molecule has 0 unspecified atom stereocenters. The van der Waals surface area contributed by atoms with Gasteiger partial charge in [0.1, 0.15) is 5.75 Å². The molecule has 6 nitrogen and oxygen atoms in total. The summed E-state index contributed by atoms with van der Waals surface area (Å²) in [5.74, 6) is 0.323. The maximum absolute atomic E-state index is 12.7. The highest BCUT2D eigenvalue weighted by molar-refractivity contribution is 5.94. The van der Waals surface area contributed by atoms with Crippen LogP contribution in [0.15, 0.2) is 42.5 Å². The number of hydrogen-bond donors (Lipinski definition) is 2. The Morgan fingerprint density at radius 1 is 1.21 bits per heavy atom. The molecule has 1 heterocycles. The van der Waals surface area contributed by atoms with E-state index in [0.29, 0.717) is 22.8 Å². The number of aryl methyl sites for hydroxylation is 1. The molecule has 0 saturated carbocycles. The van der Waals surface area contributed by atoms with E-state index in [0.717, 1.165) is 42.5 Å². The van der Waals surface area contributed by atoms with Crippen LogP contribution in [0.3, 0.4) is 0 Å². The molecule has 1 spiro atoms. The molecule has 28 heavy (non-hydrogen) atoms. The van der Waals surface area contributed by atoms with Crippen LogP contribution < -0.4 is 10.1 Å². The highest BCUT2D eigenvalue weighted by Crippen LogP contribution is 2.41. The van der Waals surface area contributed by atoms with E-state index in [1.165, 1.54) is 0 Å². The average Bonchev–Trinajstić information content (AvgIpc) is 3.06. The van der Waals surface area contributed by atoms with E-state index in [1.807, 2.05) is 30.3 Å². The number of fused-ring (bicyclic) bond motifs is 1. The molecule has 1 aliphatic carbocycles. The normalized spacial score (nSPS) is 20.6. The summed E-state index contributed by atoms with van der Waals surface area (Å²) in [7, 11) is 1.56. The van der Waals surface area contributed by atoms with E-state index in [4.69, 9.17) is 4.74 Å². The van der Waals surface area contributed by atoms with Crippen molar-refractivity contribution in [3.05, 3.63) is 64.7 Å². The number of nitrogens with one attached hydrogen (secondary N) is 1. The Balaban J connectivity index is 1.51. The number of para-hydroxylation sites is 1. The molecule has 146 valence electrons. The largest absolute Gasteiger partial charge is 0.496 e. The highest BCUT2D eigenvalue weighted by Gasteiger charge is 2.44. The Hall–Kier alpha value is -2.86. The molecular formula is C22H24N2O4. The zero-order chi connectivity index (χ0) is 19.7. The smallest absolute Gasteiger partial charge is 0.277 e. The van der Waals surface area contributed by atoms with E-state index in [9.17, 15) is 14.8 Å². The van der Waals surface area contributed by atoms with Crippen molar-refractivity contribution in [2.24, 2.45) is 5.41 Å². The van der Waals surface area contributed by atoms with Gasteiger partial charge in [-0.2, -0.15) is 0 Å². The second kappa shape index (κ2) is 7.28. The molecule has 6 heteroatoms. The molecule has 0 aromatic heterocycles. The van der Waals surface area contributed by atoms with Gasteiger partial charge in [0.25, 0.3) is 5.91 Å². The van der Waals surface area contributed by atoms with Crippen molar-refractivity contribution in [3.8, 4) is 5.75 Å². The molecule has 4 rings (SSSR count). The monoisotopic (exact) mass is 380 g/mol. The number of amides is 2. The Morgan fingerprint density at radius 2 is 2.04 bits per heavy atom. The molecular weight excluding hydrogens is 356 g/mol. The van der Waals surface area contributed by atoms with E-state index < -0.39 is 5.91 Å². The Bertz CT molecular complexity index is 927. The third-order valence-electron chi connectivity index (χ3n) is 5.97. The predicted molar refractivity (Wildman–Crippen MR) is 103 cm³/mol. The minimum Gasteiger partial charge on any atom is -0.496 e. The molecule has 2 amide bonds. The molecule has 0 radical (unpaired) electrons. The van der Waals surface area contributed by atoms with Crippen LogP contribution in [0, 0.1) is 5.41 Å². The van der Waals surface area contributed by atoms with Crippen LogP contribution in [-0.4, -0.2) is 35.7 Å². The zero-order valence-electron chi connectivity index (χ0n) is 15.9. The fraction of sp³-hybridized carbons (Fsp3) is 0.364. The van der Waals surface area contributed by atoms with Crippen molar-refractivity contribution in [2.75, 3.05) is 13.7 Å². The van der Waals surface area contributed by atoms with Gasteiger partial charge in [-0.05, 0) is 55.0 Å². The lowest BCUT2D eigenvalue weighted by Gasteiger charge is -2.32. The number of rotatable bonds is 4. The molecule has 2 aromatic carbocycles. The minimum absolute atomic E-state index is 0.0449. The van der Waals surface area contributed by atoms with Crippen LogP contribution in [0.2, 0.25) is 0 Å². The summed E-state index contributed by atoms with van der Waals surface area (Å²) in [6.07, 6.45) is 3.15. The minimum atomic E-state index is -0.451. The van der Waals surface area contributed by atoms with Gasteiger partial charge in [-0.25, -0.2) is 5.06 Å². The highest BCUT2D eigenvalue weighted by atomic mass is 16.5. The Kier molecular flexibility index (Phi) is 4.81. The van der Waals surface area contributed by atoms with Crippen LogP contribution in [0.25, 0.3) is 0 Å². The molecule has 0 bridgehead atoms. The first-order valence-corrected chi connectivity index (χ1v) is 9.55. The molecule has 1 atom stereocenters. The number of ether oxygens (including phenoxy) is 1. The first-order valence-electron chi connectivity index (χ1n) is 9.55. The lowest BCUT2D eigenvalue weighted by Crippen LogP contribution is -2.36. The number of nitrogens with zero attached hydrogens (tertiary/aromatic N) is 1. The van der Waals surface area contributed by atoms with E-state index in [2.05, 4.69) is 5.32 Å². The van der Waals surface area contributed by atoms with Crippen LogP contribution in [-0.2, 0) is 24.2 Å². The molecule has 1 aliphatic heterocycles. The number of carbonyl (C=O) groups excluding carboxylic acids is 2.